The molecule has 0 atom stereocenters. The standard InChI is InChI=1S/C8H11N3O6/c1-2-6(12)3-7(13)9-4-8(5-9,10(14)15)11(16)17/h2-5H2,1H3. The Morgan fingerprint density at radius 2 is 1.71 bits per heavy atom. The summed E-state index contributed by atoms with van der Waals surface area (Å²) in [6.07, 6.45) is -0.169. The van der Waals surface area contributed by atoms with Gasteiger partial charge in [-0.15, -0.1) is 0 Å². The van der Waals surface area contributed by atoms with Gasteiger partial charge in [-0.1, -0.05) is 6.92 Å². The fraction of sp³-hybridized carbons (Fsp3) is 0.750. The predicted octanol–water partition coefficient (Wildman–Crippen LogP) is -0.552. The van der Waals surface area contributed by atoms with Gasteiger partial charge in [0.25, 0.3) is 0 Å². The Balaban J connectivity index is 2.61. The summed E-state index contributed by atoms with van der Waals surface area (Å²) in [4.78, 5) is 42.4. The summed E-state index contributed by atoms with van der Waals surface area (Å²) < 4.78 is 0. The lowest BCUT2D eigenvalue weighted by atomic mass is 10.0. The minimum Gasteiger partial charge on any atom is -0.314 e. The Hall–Kier alpha value is -2.06. The van der Waals surface area contributed by atoms with Crippen molar-refractivity contribution in [2.24, 2.45) is 0 Å². The summed E-state index contributed by atoms with van der Waals surface area (Å²) >= 11 is 0. The Bertz CT molecular complexity index is 371. The number of carbonyl (C=O) groups excluding carboxylic acids is 2. The molecule has 0 saturated carbocycles. The number of amides is 1. The molecule has 9 heteroatoms. The van der Waals surface area contributed by atoms with E-state index in [0.29, 0.717) is 0 Å². The zero-order valence-corrected chi connectivity index (χ0v) is 9.12. The van der Waals surface area contributed by atoms with Crippen LogP contribution in [0.15, 0.2) is 0 Å². The van der Waals surface area contributed by atoms with Crippen molar-refractivity contribution in [1.82, 2.24) is 4.90 Å². The third-order valence-corrected chi connectivity index (χ3v) is 2.66. The van der Waals surface area contributed by atoms with Crippen LogP contribution in [-0.2, 0) is 9.59 Å². The van der Waals surface area contributed by atoms with Gasteiger partial charge in [-0.25, -0.2) is 0 Å². The molecule has 0 spiro atoms. The fourth-order valence-corrected chi connectivity index (χ4v) is 1.44. The van der Waals surface area contributed by atoms with E-state index in [2.05, 4.69) is 0 Å². The van der Waals surface area contributed by atoms with Gasteiger partial charge in [0.1, 0.15) is 15.6 Å². The second-order valence-electron chi connectivity index (χ2n) is 3.82. The van der Waals surface area contributed by atoms with E-state index in [4.69, 9.17) is 0 Å². The van der Waals surface area contributed by atoms with E-state index in [-0.39, 0.29) is 18.6 Å². The molecule has 0 aromatic carbocycles. The lowest BCUT2D eigenvalue weighted by Crippen LogP contribution is -2.71. The van der Waals surface area contributed by atoms with Crippen molar-refractivity contribution in [3.05, 3.63) is 20.2 Å². The minimum atomic E-state index is -2.30. The van der Waals surface area contributed by atoms with Crippen molar-refractivity contribution in [1.29, 1.82) is 0 Å². The number of hydrogen-bond acceptors (Lipinski definition) is 6. The van der Waals surface area contributed by atoms with Gasteiger partial charge in [-0.3, -0.25) is 29.8 Å². The van der Waals surface area contributed by atoms with Crippen molar-refractivity contribution in [3.63, 3.8) is 0 Å². The van der Waals surface area contributed by atoms with Gasteiger partial charge in [-0.2, -0.15) is 0 Å². The number of nitrogens with zero attached hydrogens (tertiary/aromatic N) is 3. The van der Waals surface area contributed by atoms with Crippen LogP contribution < -0.4 is 0 Å². The highest BCUT2D eigenvalue weighted by Crippen LogP contribution is 2.25. The summed E-state index contributed by atoms with van der Waals surface area (Å²) in [5.41, 5.74) is -2.30. The quantitative estimate of drug-likeness (QED) is 0.277. The first-order valence-corrected chi connectivity index (χ1v) is 4.92. The van der Waals surface area contributed by atoms with Crippen molar-refractivity contribution >= 4 is 11.7 Å². The molecular weight excluding hydrogens is 234 g/mol. The van der Waals surface area contributed by atoms with Crippen LogP contribution >= 0.6 is 0 Å². The largest absolute Gasteiger partial charge is 0.492 e. The van der Waals surface area contributed by atoms with Gasteiger partial charge in [0.05, 0.1) is 6.42 Å². The molecule has 0 unspecified atom stereocenters. The molecule has 0 aliphatic carbocycles. The first kappa shape index (κ1) is 13.0. The van der Waals surface area contributed by atoms with Gasteiger partial charge in [-0.05, 0) is 0 Å². The van der Waals surface area contributed by atoms with E-state index in [1.807, 2.05) is 0 Å². The highest BCUT2D eigenvalue weighted by Gasteiger charge is 2.67. The van der Waals surface area contributed by atoms with Gasteiger partial charge in [0.2, 0.25) is 5.91 Å². The normalized spacial score (nSPS) is 17.1. The van der Waals surface area contributed by atoms with Crippen molar-refractivity contribution < 1.29 is 19.4 Å². The molecule has 0 aromatic rings. The second kappa shape index (κ2) is 4.44. The summed E-state index contributed by atoms with van der Waals surface area (Å²) in [5.74, 6) is -0.897. The third kappa shape index (κ3) is 2.22. The summed E-state index contributed by atoms with van der Waals surface area (Å²) in [5, 5.41) is 21.1. The molecule has 1 saturated heterocycles. The Labute approximate surface area is 95.7 Å². The summed E-state index contributed by atoms with van der Waals surface area (Å²) in [7, 11) is 0. The number of hydrogen-bond donors (Lipinski definition) is 0. The molecule has 9 nitrogen and oxygen atoms in total. The van der Waals surface area contributed by atoms with Gasteiger partial charge >= 0.3 is 5.66 Å². The molecule has 17 heavy (non-hydrogen) atoms. The molecule has 1 aliphatic heterocycles. The van der Waals surface area contributed by atoms with Gasteiger partial charge in [0, 0.05) is 6.42 Å². The van der Waals surface area contributed by atoms with E-state index < -0.39 is 34.5 Å². The zero-order valence-electron chi connectivity index (χ0n) is 9.12. The molecule has 0 radical (unpaired) electrons. The van der Waals surface area contributed by atoms with Crippen LogP contribution in [0.2, 0.25) is 0 Å². The fourth-order valence-electron chi connectivity index (χ4n) is 1.44. The predicted molar refractivity (Wildman–Crippen MR) is 53.2 cm³/mol. The molecule has 0 bridgehead atoms. The Kier molecular flexibility index (Phi) is 3.39. The van der Waals surface area contributed by atoms with Crippen molar-refractivity contribution in [2.75, 3.05) is 13.1 Å². The minimum absolute atomic E-state index is 0.190. The maximum Gasteiger partial charge on any atom is 0.492 e. The number of Topliss-reactive ketones (excluding diaryl/α,β-unsaturated/α-hetero) is 1. The van der Waals surface area contributed by atoms with E-state index in [0.717, 1.165) is 4.90 Å². The summed E-state index contributed by atoms with van der Waals surface area (Å²) in [6.45, 7) is 0.426. The van der Waals surface area contributed by atoms with Crippen LogP contribution in [0.3, 0.4) is 0 Å². The molecule has 94 valence electrons. The Morgan fingerprint density at radius 3 is 2.06 bits per heavy atom. The molecule has 1 fully saturated rings. The maximum absolute atomic E-state index is 11.4. The SMILES string of the molecule is CCC(=O)CC(=O)N1CC([N+](=O)[O-])([N+](=O)[O-])C1. The average molecular weight is 245 g/mol. The van der Waals surface area contributed by atoms with Crippen LogP contribution in [0.4, 0.5) is 0 Å². The number of ketones is 1. The van der Waals surface area contributed by atoms with E-state index in [1.54, 1.807) is 6.92 Å². The van der Waals surface area contributed by atoms with Crippen LogP contribution in [0, 0.1) is 20.2 Å². The van der Waals surface area contributed by atoms with Gasteiger partial charge in [0.15, 0.2) is 13.1 Å². The molecule has 1 rings (SSSR count). The number of likely N-dealkylation sites (tertiary alicyclic amines) is 1. The third-order valence-electron chi connectivity index (χ3n) is 2.66. The first-order valence-electron chi connectivity index (χ1n) is 4.92. The lowest BCUT2D eigenvalue weighted by molar-refractivity contribution is -0.809. The van der Waals surface area contributed by atoms with Crippen molar-refractivity contribution in [2.45, 2.75) is 25.4 Å². The molecule has 0 aromatic heterocycles. The monoisotopic (exact) mass is 245 g/mol. The van der Waals surface area contributed by atoms with E-state index in [9.17, 15) is 29.8 Å². The van der Waals surface area contributed by atoms with E-state index in [1.165, 1.54) is 0 Å². The average Bonchev–Trinajstić information content (AvgIpc) is 2.14. The highest BCUT2D eigenvalue weighted by molar-refractivity contribution is 5.98. The van der Waals surface area contributed by atoms with Crippen LogP contribution in [0.5, 0.6) is 0 Å². The second-order valence-corrected chi connectivity index (χ2v) is 3.82. The Morgan fingerprint density at radius 1 is 1.24 bits per heavy atom. The van der Waals surface area contributed by atoms with Crippen LogP contribution in [-0.4, -0.2) is 45.2 Å². The maximum atomic E-state index is 11.4. The lowest BCUT2D eigenvalue weighted by Gasteiger charge is -2.35. The molecule has 1 aliphatic rings. The smallest absolute Gasteiger partial charge is 0.314 e. The molecule has 1 amide bonds. The zero-order chi connectivity index (χ0) is 13.2. The summed E-state index contributed by atoms with van der Waals surface area (Å²) in [6, 6.07) is 0. The van der Waals surface area contributed by atoms with Crippen LogP contribution in [0.25, 0.3) is 0 Å². The highest BCUT2D eigenvalue weighted by atomic mass is 16.7. The van der Waals surface area contributed by atoms with E-state index >= 15 is 0 Å². The molecule has 0 N–H and O–H groups in total. The molecule has 1 heterocycles. The molecular formula is C8H11N3O6. The number of carbonyl (C=O) groups is 2. The van der Waals surface area contributed by atoms with Gasteiger partial charge < -0.3 is 4.90 Å². The van der Waals surface area contributed by atoms with Crippen LogP contribution in [0.1, 0.15) is 19.8 Å². The number of rotatable bonds is 5. The number of nitro groups is 2. The topological polar surface area (TPSA) is 124 Å². The first-order chi connectivity index (χ1) is 7.83. The van der Waals surface area contributed by atoms with Crippen molar-refractivity contribution in [3.8, 4) is 0 Å².